The van der Waals surface area contributed by atoms with Crippen LogP contribution < -0.4 is 0 Å². The Kier molecular flexibility index (Phi) is 4.78. The topological polar surface area (TPSA) is 35.5 Å². The predicted molar refractivity (Wildman–Crippen MR) is 74.5 cm³/mol. The maximum absolute atomic E-state index is 11.5. The Bertz CT molecular complexity index is 474. The first-order valence-corrected chi connectivity index (χ1v) is 6.54. The number of rotatable bonds is 4. The Hall–Kier alpha value is -2.03. The van der Waals surface area contributed by atoms with Crippen molar-refractivity contribution in [2.24, 2.45) is 0 Å². The Morgan fingerprint density at radius 1 is 1.21 bits per heavy atom. The van der Waals surface area contributed by atoms with Crippen LogP contribution >= 0.6 is 0 Å². The van der Waals surface area contributed by atoms with E-state index in [1.54, 1.807) is 0 Å². The van der Waals surface area contributed by atoms with Crippen molar-refractivity contribution < 1.29 is 14.3 Å². The molecule has 0 aliphatic heterocycles. The first kappa shape index (κ1) is 13.4. The molecule has 1 aliphatic rings. The summed E-state index contributed by atoms with van der Waals surface area (Å²) in [4.78, 5) is 11.5. The number of hydrogen-bond acceptors (Lipinski definition) is 3. The molecule has 0 saturated heterocycles. The average molecular weight is 258 g/mol. The summed E-state index contributed by atoms with van der Waals surface area (Å²) >= 11 is 0. The molecule has 0 spiro atoms. The molecular weight excluding hydrogens is 240 g/mol. The third-order valence-electron chi connectivity index (χ3n) is 3.07. The normalized spacial score (nSPS) is 14.9. The SMILES string of the molecule is C=CCOC(=O)OC1=C(c2ccccc2)CCCC1. The van der Waals surface area contributed by atoms with E-state index in [1.807, 2.05) is 30.3 Å². The van der Waals surface area contributed by atoms with Crippen LogP contribution in [0.1, 0.15) is 31.2 Å². The minimum Gasteiger partial charge on any atom is -0.430 e. The van der Waals surface area contributed by atoms with E-state index in [4.69, 9.17) is 9.47 Å². The summed E-state index contributed by atoms with van der Waals surface area (Å²) in [6, 6.07) is 10.0. The smallest absolute Gasteiger partial charge is 0.430 e. The number of carbonyl (C=O) groups is 1. The Morgan fingerprint density at radius 3 is 2.68 bits per heavy atom. The van der Waals surface area contributed by atoms with E-state index in [0.717, 1.165) is 42.6 Å². The second kappa shape index (κ2) is 6.78. The quantitative estimate of drug-likeness (QED) is 0.596. The Balaban J connectivity index is 2.15. The lowest BCUT2D eigenvalue weighted by atomic mass is 9.92. The van der Waals surface area contributed by atoms with E-state index >= 15 is 0 Å². The molecule has 0 bridgehead atoms. The molecule has 0 fully saturated rings. The minimum atomic E-state index is -0.648. The molecule has 0 atom stereocenters. The van der Waals surface area contributed by atoms with Gasteiger partial charge in [-0.2, -0.15) is 0 Å². The molecule has 3 nitrogen and oxygen atoms in total. The monoisotopic (exact) mass is 258 g/mol. The van der Waals surface area contributed by atoms with Crippen molar-refractivity contribution in [3.8, 4) is 0 Å². The summed E-state index contributed by atoms with van der Waals surface area (Å²) in [6.07, 6.45) is 4.76. The zero-order chi connectivity index (χ0) is 13.5. The third kappa shape index (κ3) is 3.71. The summed E-state index contributed by atoms with van der Waals surface area (Å²) in [6.45, 7) is 3.67. The average Bonchev–Trinajstić information content (AvgIpc) is 2.46. The van der Waals surface area contributed by atoms with Crippen LogP contribution in [0.25, 0.3) is 5.57 Å². The molecule has 0 heterocycles. The zero-order valence-corrected chi connectivity index (χ0v) is 10.9. The summed E-state index contributed by atoms with van der Waals surface area (Å²) in [5.41, 5.74) is 2.23. The van der Waals surface area contributed by atoms with Gasteiger partial charge in [0.25, 0.3) is 0 Å². The highest BCUT2D eigenvalue weighted by atomic mass is 16.7. The van der Waals surface area contributed by atoms with E-state index in [1.165, 1.54) is 6.08 Å². The van der Waals surface area contributed by atoms with Crippen molar-refractivity contribution in [3.05, 3.63) is 54.3 Å². The molecular formula is C16H18O3. The first-order chi connectivity index (χ1) is 9.31. The molecule has 0 amide bonds. The van der Waals surface area contributed by atoms with Crippen molar-refractivity contribution >= 4 is 11.7 Å². The van der Waals surface area contributed by atoms with E-state index in [-0.39, 0.29) is 6.61 Å². The standard InChI is InChI=1S/C16H18O3/c1-2-12-18-16(17)19-15-11-7-6-10-14(15)13-8-4-3-5-9-13/h2-5,8-9H,1,6-7,10-12H2. The second-order valence-electron chi connectivity index (χ2n) is 4.43. The maximum atomic E-state index is 11.5. The molecule has 2 rings (SSSR count). The fourth-order valence-electron chi connectivity index (χ4n) is 2.19. The van der Waals surface area contributed by atoms with Gasteiger partial charge in [-0.25, -0.2) is 4.79 Å². The van der Waals surface area contributed by atoms with Gasteiger partial charge in [-0.05, 0) is 30.4 Å². The molecule has 1 aliphatic carbocycles. The van der Waals surface area contributed by atoms with Gasteiger partial charge in [0.15, 0.2) is 0 Å². The van der Waals surface area contributed by atoms with Crippen LogP contribution in [0.2, 0.25) is 0 Å². The zero-order valence-electron chi connectivity index (χ0n) is 10.9. The molecule has 100 valence electrons. The van der Waals surface area contributed by atoms with Crippen molar-refractivity contribution in [1.29, 1.82) is 0 Å². The fraction of sp³-hybridized carbons (Fsp3) is 0.312. The van der Waals surface area contributed by atoms with E-state index < -0.39 is 6.16 Å². The molecule has 3 heteroatoms. The van der Waals surface area contributed by atoms with Crippen molar-refractivity contribution in [3.63, 3.8) is 0 Å². The van der Waals surface area contributed by atoms with Crippen molar-refractivity contribution in [1.82, 2.24) is 0 Å². The lowest BCUT2D eigenvalue weighted by Gasteiger charge is -2.19. The van der Waals surface area contributed by atoms with Crippen LogP contribution in [0.5, 0.6) is 0 Å². The first-order valence-electron chi connectivity index (χ1n) is 6.54. The highest BCUT2D eigenvalue weighted by Crippen LogP contribution is 2.32. The summed E-state index contributed by atoms with van der Waals surface area (Å²) < 4.78 is 10.2. The molecule has 0 radical (unpaired) electrons. The van der Waals surface area contributed by atoms with E-state index in [2.05, 4.69) is 6.58 Å². The Labute approximate surface area is 113 Å². The minimum absolute atomic E-state index is 0.173. The van der Waals surface area contributed by atoms with E-state index in [0.29, 0.717) is 0 Å². The maximum Gasteiger partial charge on any atom is 0.513 e. The number of carbonyl (C=O) groups excluding carboxylic acids is 1. The van der Waals surface area contributed by atoms with E-state index in [9.17, 15) is 4.79 Å². The van der Waals surface area contributed by atoms with Crippen molar-refractivity contribution in [2.45, 2.75) is 25.7 Å². The van der Waals surface area contributed by atoms with Crippen LogP contribution in [0, 0.1) is 0 Å². The van der Waals surface area contributed by atoms with Crippen molar-refractivity contribution in [2.75, 3.05) is 6.61 Å². The number of allylic oxidation sites excluding steroid dienone is 2. The summed E-state index contributed by atoms with van der Waals surface area (Å²) in [5, 5.41) is 0. The molecule has 0 unspecified atom stereocenters. The number of ether oxygens (including phenoxy) is 2. The van der Waals surface area contributed by atoms with Crippen LogP contribution in [0.4, 0.5) is 4.79 Å². The molecule has 0 aromatic heterocycles. The van der Waals surface area contributed by atoms with Gasteiger partial charge < -0.3 is 9.47 Å². The predicted octanol–water partition coefficient (Wildman–Crippen LogP) is 4.31. The van der Waals surface area contributed by atoms with Gasteiger partial charge in [0.05, 0.1) is 0 Å². The highest BCUT2D eigenvalue weighted by molar-refractivity contribution is 5.71. The van der Waals surface area contributed by atoms with Gasteiger partial charge in [0, 0.05) is 6.42 Å². The molecule has 1 aromatic carbocycles. The number of benzene rings is 1. The largest absolute Gasteiger partial charge is 0.513 e. The lowest BCUT2D eigenvalue weighted by molar-refractivity contribution is 0.0836. The van der Waals surface area contributed by atoms with Gasteiger partial charge in [-0.1, -0.05) is 43.0 Å². The molecule has 0 saturated carbocycles. The highest BCUT2D eigenvalue weighted by Gasteiger charge is 2.18. The second-order valence-corrected chi connectivity index (χ2v) is 4.43. The fourth-order valence-corrected chi connectivity index (χ4v) is 2.19. The van der Waals surface area contributed by atoms with Crippen LogP contribution in [0.3, 0.4) is 0 Å². The van der Waals surface area contributed by atoms with Crippen LogP contribution in [-0.4, -0.2) is 12.8 Å². The molecule has 1 aromatic rings. The summed E-state index contributed by atoms with van der Waals surface area (Å²) in [5.74, 6) is 0.742. The Morgan fingerprint density at radius 2 is 1.95 bits per heavy atom. The lowest BCUT2D eigenvalue weighted by Crippen LogP contribution is -2.11. The van der Waals surface area contributed by atoms with Gasteiger partial charge in [0.1, 0.15) is 12.4 Å². The molecule has 0 N–H and O–H groups in total. The third-order valence-corrected chi connectivity index (χ3v) is 3.07. The number of hydrogen-bond donors (Lipinski definition) is 0. The van der Waals surface area contributed by atoms with Gasteiger partial charge >= 0.3 is 6.16 Å². The van der Waals surface area contributed by atoms with Crippen LogP contribution in [0.15, 0.2) is 48.7 Å². The van der Waals surface area contributed by atoms with Gasteiger partial charge in [0.2, 0.25) is 0 Å². The summed E-state index contributed by atoms with van der Waals surface area (Å²) in [7, 11) is 0. The van der Waals surface area contributed by atoms with Crippen LogP contribution in [-0.2, 0) is 9.47 Å². The van der Waals surface area contributed by atoms with Gasteiger partial charge in [-0.3, -0.25) is 0 Å². The molecule has 19 heavy (non-hydrogen) atoms. The van der Waals surface area contributed by atoms with Gasteiger partial charge in [-0.15, -0.1) is 0 Å².